The lowest BCUT2D eigenvalue weighted by Gasteiger charge is -2.19. The molecule has 0 spiro atoms. The number of ether oxygens (including phenoxy) is 1. The van der Waals surface area contributed by atoms with E-state index >= 15 is 0 Å². The van der Waals surface area contributed by atoms with Gasteiger partial charge in [-0.1, -0.05) is 46.5 Å². The van der Waals surface area contributed by atoms with Gasteiger partial charge in [-0.25, -0.2) is 4.79 Å². The average Bonchev–Trinajstić information content (AvgIpc) is 2.40. The van der Waals surface area contributed by atoms with Gasteiger partial charge in [-0.15, -0.1) is 0 Å². The van der Waals surface area contributed by atoms with Crippen LogP contribution in [-0.2, 0) is 14.3 Å². The van der Waals surface area contributed by atoms with Gasteiger partial charge in [-0.2, -0.15) is 0 Å². The number of carbonyl (C=O) groups is 2. The molecule has 5 heteroatoms. The second-order valence-corrected chi connectivity index (χ2v) is 5.58. The molecule has 0 aromatic carbocycles. The Hall–Kier alpha value is -1.10. The maximum Gasteiger partial charge on any atom is 0.328 e. The number of hydrogen-bond donors (Lipinski definition) is 2. The van der Waals surface area contributed by atoms with E-state index in [2.05, 4.69) is 12.2 Å². The van der Waals surface area contributed by atoms with Crippen molar-refractivity contribution in [1.82, 2.24) is 5.32 Å². The summed E-state index contributed by atoms with van der Waals surface area (Å²) in [6, 6.07) is -0.661. The molecule has 0 unspecified atom stereocenters. The molecule has 5 nitrogen and oxygen atoms in total. The number of rotatable bonds is 10. The lowest BCUT2D eigenvalue weighted by Crippen LogP contribution is -2.46. The number of hydrogen-bond acceptors (Lipinski definition) is 4. The Bertz CT molecular complexity index is 292. The molecule has 0 aliphatic rings. The number of unbranched alkanes of at least 4 members (excludes halogenated alkanes) is 3. The molecule has 0 saturated carbocycles. The number of aliphatic hydroxyl groups is 1. The zero-order valence-corrected chi connectivity index (χ0v) is 13.1. The Morgan fingerprint density at radius 3 is 2.35 bits per heavy atom. The van der Waals surface area contributed by atoms with Crippen LogP contribution in [0.5, 0.6) is 0 Å². The van der Waals surface area contributed by atoms with Crippen LogP contribution in [0.15, 0.2) is 0 Å². The molecule has 0 rings (SSSR count). The third kappa shape index (κ3) is 8.15. The van der Waals surface area contributed by atoms with E-state index in [9.17, 15) is 14.7 Å². The van der Waals surface area contributed by atoms with Gasteiger partial charge in [-0.3, -0.25) is 4.79 Å². The lowest BCUT2D eigenvalue weighted by molar-refractivity contribution is -0.146. The number of esters is 1. The number of nitrogens with one attached hydrogen (secondary N) is 1. The van der Waals surface area contributed by atoms with Crippen molar-refractivity contribution >= 4 is 11.9 Å². The Balaban J connectivity index is 4.33. The van der Waals surface area contributed by atoms with Crippen LogP contribution in [-0.4, -0.2) is 36.2 Å². The van der Waals surface area contributed by atoms with Gasteiger partial charge in [0.1, 0.15) is 12.1 Å². The molecule has 0 heterocycles. The van der Waals surface area contributed by atoms with Crippen LogP contribution in [0, 0.1) is 5.92 Å². The summed E-state index contributed by atoms with van der Waals surface area (Å²) in [5.74, 6) is -0.729. The number of methoxy groups -OCH3 is 1. The van der Waals surface area contributed by atoms with Crippen LogP contribution in [0.25, 0.3) is 0 Å². The summed E-state index contributed by atoms with van der Waals surface area (Å²) in [4.78, 5) is 23.5. The first-order valence-corrected chi connectivity index (χ1v) is 7.48. The fraction of sp³-hybridized carbons (Fsp3) is 0.867. The molecule has 2 atom stereocenters. The van der Waals surface area contributed by atoms with Crippen molar-refractivity contribution in [2.75, 3.05) is 7.11 Å². The molecule has 0 radical (unpaired) electrons. The van der Waals surface area contributed by atoms with Gasteiger partial charge in [-0.05, 0) is 18.8 Å². The van der Waals surface area contributed by atoms with E-state index < -0.39 is 24.0 Å². The van der Waals surface area contributed by atoms with Crippen molar-refractivity contribution < 1.29 is 19.4 Å². The first-order chi connectivity index (χ1) is 9.42. The van der Waals surface area contributed by atoms with Crippen LogP contribution in [0.1, 0.15) is 59.3 Å². The maximum absolute atomic E-state index is 11.8. The van der Waals surface area contributed by atoms with Gasteiger partial charge in [0.15, 0.2) is 0 Å². The van der Waals surface area contributed by atoms with Gasteiger partial charge >= 0.3 is 5.97 Å². The van der Waals surface area contributed by atoms with Crippen molar-refractivity contribution in [1.29, 1.82) is 0 Å². The minimum atomic E-state index is -1.07. The van der Waals surface area contributed by atoms with Crippen LogP contribution in [0.4, 0.5) is 0 Å². The fourth-order valence-electron chi connectivity index (χ4n) is 1.99. The highest BCUT2D eigenvalue weighted by Gasteiger charge is 2.24. The van der Waals surface area contributed by atoms with E-state index in [-0.39, 0.29) is 5.92 Å². The van der Waals surface area contributed by atoms with Crippen molar-refractivity contribution in [2.45, 2.75) is 71.4 Å². The molecule has 0 aliphatic heterocycles. The summed E-state index contributed by atoms with van der Waals surface area (Å²) in [7, 11) is 1.30. The van der Waals surface area contributed by atoms with Crippen LogP contribution in [0.3, 0.4) is 0 Å². The predicted molar refractivity (Wildman–Crippen MR) is 78.2 cm³/mol. The topological polar surface area (TPSA) is 75.6 Å². The van der Waals surface area contributed by atoms with E-state index in [1.54, 1.807) is 0 Å². The lowest BCUT2D eigenvalue weighted by atomic mass is 10.0. The second-order valence-electron chi connectivity index (χ2n) is 5.58. The third-order valence-electron chi connectivity index (χ3n) is 3.15. The molecule has 2 N–H and O–H groups in total. The van der Waals surface area contributed by atoms with E-state index in [1.807, 2.05) is 13.8 Å². The van der Waals surface area contributed by atoms with Crippen molar-refractivity contribution in [3.8, 4) is 0 Å². The fourth-order valence-corrected chi connectivity index (χ4v) is 1.99. The molecule has 118 valence electrons. The zero-order chi connectivity index (χ0) is 15.5. The van der Waals surface area contributed by atoms with Gasteiger partial charge in [0.2, 0.25) is 5.91 Å². The Kier molecular flexibility index (Phi) is 10.1. The van der Waals surface area contributed by atoms with Crippen molar-refractivity contribution in [3.05, 3.63) is 0 Å². The SMILES string of the molecule is CCCCCC[C@@H](NC(=O)[C@@H](O)CC(C)C)C(=O)OC. The molecule has 0 fully saturated rings. The Morgan fingerprint density at radius 2 is 1.85 bits per heavy atom. The summed E-state index contributed by atoms with van der Waals surface area (Å²) in [5.41, 5.74) is 0. The summed E-state index contributed by atoms with van der Waals surface area (Å²) in [6.07, 6.45) is 3.96. The standard InChI is InChI=1S/C15H29NO4/c1-5-6-7-8-9-12(15(19)20-4)16-14(18)13(17)10-11(2)3/h11-13,17H,5-10H2,1-4H3,(H,16,18)/t12-,13+/m1/s1. The van der Waals surface area contributed by atoms with E-state index in [4.69, 9.17) is 4.74 Å². The summed E-state index contributed by atoms with van der Waals surface area (Å²) < 4.78 is 4.70. The Morgan fingerprint density at radius 1 is 1.20 bits per heavy atom. The summed E-state index contributed by atoms with van der Waals surface area (Å²) in [6.45, 7) is 5.97. The molecule has 1 amide bonds. The average molecular weight is 287 g/mol. The quantitative estimate of drug-likeness (QED) is 0.476. The number of aliphatic hydroxyl groups excluding tert-OH is 1. The highest BCUT2D eigenvalue weighted by molar-refractivity contribution is 5.86. The molecule has 0 bridgehead atoms. The smallest absolute Gasteiger partial charge is 0.328 e. The minimum absolute atomic E-state index is 0.219. The second kappa shape index (κ2) is 10.7. The number of amides is 1. The first-order valence-electron chi connectivity index (χ1n) is 7.48. The van der Waals surface area contributed by atoms with Crippen molar-refractivity contribution in [3.63, 3.8) is 0 Å². The number of carbonyl (C=O) groups excluding carboxylic acids is 2. The summed E-state index contributed by atoms with van der Waals surface area (Å²) in [5, 5.41) is 12.3. The zero-order valence-electron chi connectivity index (χ0n) is 13.1. The van der Waals surface area contributed by atoms with Gasteiger partial charge < -0.3 is 15.2 Å². The van der Waals surface area contributed by atoms with Gasteiger partial charge in [0.25, 0.3) is 0 Å². The predicted octanol–water partition coefficient (Wildman–Crippen LogP) is 2.02. The summed E-state index contributed by atoms with van der Waals surface area (Å²) >= 11 is 0. The van der Waals surface area contributed by atoms with Gasteiger partial charge in [0, 0.05) is 0 Å². The van der Waals surface area contributed by atoms with Crippen LogP contribution < -0.4 is 5.32 Å². The monoisotopic (exact) mass is 287 g/mol. The van der Waals surface area contributed by atoms with E-state index in [0.717, 1.165) is 25.7 Å². The van der Waals surface area contributed by atoms with E-state index in [0.29, 0.717) is 12.8 Å². The Labute approximate surface area is 122 Å². The third-order valence-corrected chi connectivity index (χ3v) is 3.15. The van der Waals surface area contributed by atoms with Crippen molar-refractivity contribution in [2.24, 2.45) is 5.92 Å². The molecule has 0 aromatic heterocycles. The highest BCUT2D eigenvalue weighted by atomic mass is 16.5. The van der Waals surface area contributed by atoms with Crippen LogP contribution >= 0.6 is 0 Å². The molecule has 0 aromatic rings. The minimum Gasteiger partial charge on any atom is -0.467 e. The molecular weight excluding hydrogens is 258 g/mol. The molecule has 20 heavy (non-hydrogen) atoms. The van der Waals surface area contributed by atoms with Crippen LogP contribution in [0.2, 0.25) is 0 Å². The van der Waals surface area contributed by atoms with E-state index in [1.165, 1.54) is 7.11 Å². The maximum atomic E-state index is 11.8. The highest BCUT2D eigenvalue weighted by Crippen LogP contribution is 2.09. The largest absolute Gasteiger partial charge is 0.467 e. The van der Waals surface area contributed by atoms with Gasteiger partial charge in [0.05, 0.1) is 7.11 Å². The molecule has 0 saturated heterocycles. The first kappa shape index (κ1) is 18.9. The normalized spacial score (nSPS) is 13.9. The molecule has 0 aliphatic carbocycles. The molecular formula is C15H29NO4.